The minimum Gasteiger partial charge on any atom is -0.496 e. The van der Waals surface area contributed by atoms with Crippen LogP contribution in [-0.4, -0.2) is 48.4 Å². The Kier molecular flexibility index (Phi) is 8.64. The summed E-state index contributed by atoms with van der Waals surface area (Å²) in [7, 11) is 1.60. The van der Waals surface area contributed by atoms with Gasteiger partial charge in [0, 0.05) is 37.8 Å². The van der Waals surface area contributed by atoms with Gasteiger partial charge in [-0.25, -0.2) is 4.98 Å². The molecule has 8 nitrogen and oxygen atoms in total. The maximum absolute atomic E-state index is 13.3. The standard InChI is InChI=1S/C25H31N5O3/c1-3-4-16-30-22(31)12-11-20(23(30)19-9-5-6-10-21(19)33-2)25(32)29-15-14-28-24-18(17-26)8-7-13-27-24/h5-10,13,20,23H,3-4,11-12,14-16H2,1-2H3,(H,27,28)(H,29,32). The molecule has 1 aromatic carbocycles. The topological polar surface area (TPSA) is 107 Å². The van der Waals surface area contributed by atoms with Crippen LogP contribution in [0.15, 0.2) is 42.6 Å². The van der Waals surface area contributed by atoms with Crippen molar-refractivity contribution in [1.82, 2.24) is 15.2 Å². The smallest absolute Gasteiger partial charge is 0.225 e. The van der Waals surface area contributed by atoms with Gasteiger partial charge >= 0.3 is 0 Å². The highest BCUT2D eigenvalue weighted by molar-refractivity contribution is 5.85. The first kappa shape index (κ1) is 24.1. The number of carbonyl (C=O) groups is 2. The van der Waals surface area contributed by atoms with Gasteiger partial charge in [0.15, 0.2) is 0 Å². The van der Waals surface area contributed by atoms with Gasteiger partial charge in [-0.3, -0.25) is 9.59 Å². The highest BCUT2D eigenvalue weighted by Crippen LogP contribution is 2.40. The zero-order chi connectivity index (χ0) is 23.6. The summed E-state index contributed by atoms with van der Waals surface area (Å²) in [6.07, 6.45) is 4.29. The molecule has 3 rings (SSSR count). The van der Waals surface area contributed by atoms with E-state index in [-0.39, 0.29) is 23.8 Å². The summed E-state index contributed by atoms with van der Waals surface area (Å²) in [6, 6.07) is 12.7. The molecule has 33 heavy (non-hydrogen) atoms. The predicted octanol–water partition coefficient (Wildman–Crippen LogP) is 3.27. The average Bonchev–Trinajstić information content (AvgIpc) is 2.85. The number of hydrogen-bond donors (Lipinski definition) is 2. The van der Waals surface area contributed by atoms with Crippen LogP contribution in [0.4, 0.5) is 5.82 Å². The summed E-state index contributed by atoms with van der Waals surface area (Å²) in [5, 5.41) is 15.3. The van der Waals surface area contributed by atoms with E-state index >= 15 is 0 Å². The molecule has 0 radical (unpaired) electrons. The van der Waals surface area contributed by atoms with Gasteiger partial charge < -0.3 is 20.3 Å². The molecule has 0 saturated carbocycles. The minimum absolute atomic E-state index is 0.0734. The third kappa shape index (κ3) is 5.80. The molecular formula is C25H31N5O3. The van der Waals surface area contributed by atoms with Crippen LogP contribution >= 0.6 is 0 Å². The van der Waals surface area contributed by atoms with E-state index in [1.807, 2.05) is 29.2 Å². The Hall–Kier alpha value is -3.60. The number of aromatic nitrogens is 1. The van der Waals surface area contributed by atoms with Crippen LogP contribution in [-0.2, 0) is 9.59 Å². The van der Waals surface area contributed by atoms with E-state index in [2.05, 4.69) is 28.6 Å². The molecule has 2 amide bonds. The van der Waals surface area contributed by atoms with Crippen molar-refractivity contribution in [2.75, 3.05) is 32.1 Å². The lowest BCUT2D eigenvalue weighted by Gasteiger charge is -2.41. The summed E-state index contributed by atoms with van der Waals surface area (Å²) in [5.74, 6) is 0.778. The molecule has 174 valence electrons. The normalized spacial score (nSPS) is 17.8. The summed E-state index contributed by atoms with van der Waals surface area (Å²) in [6.45, 7) is 3.50. The van der Waals surface area contributed by atoms with Crippen molar-refractivity contribution in [2.24, 2.45) is 5.92 Å². The fourth-order valence-corrected chi connectivity index (χ4v) is 4.25. The largest absolute Gasteiger partial charge is 0.496 e. The fraction of sp³-hybridized carbons (Fsp3) is 0.440. The van der Waals surface area contributed by atoms with Gasteiger partial charge in [-0.2, -0.15) is 5.26 Å². The second-order valence-electron chi connectivity index (χ2n) is 8.00. The molecule has 0 bridgehead atoms. The van der Waals surface area contributed by atoms with Crippen molar-refractivity contribution >= 4 is 17.6 Å². The molecule has 0 aliphatic carbocycles. The van der Waals surface area contributed by atoms with Gasteiger partial charge in [-0.05, 0) is 31.0 Å². The van der Waals surface area contributed by atoms with Crippen molar-refractivity contribution in [3.05, 3.63) is 53.7 Å². The van der Waals surface area contributed by atoms with E-state index in [1.54, 1.807) is 25.4 Å². The number of nitrogens with one attached hydrogen (secondary N) is 2. The van der Waals surface area contributed by atoms with Gasteiger partial charge in [-0.1, -0.05) is 31.5 Å². The summed E-state index contributed by atoms with van der Waals surface area (Å²) < 4.78 is 5.57. The Morgan fingerprint density at radius 1 is 1.27 bits per heavy atom. The molecule has 2 unspecified atom stereocenters. The number of likely N-dealkylation sites (tertiary alicyclic amines) is 1. The lowest BCUT2D eigenvalue weighted by Crippen LogP contribution is -2.49. The molecule has 1 fully saturated rings. The number of benzene rings is 1. The SMILES string of the molecule is CCCCN1C(=O)CCC(C(=O)NCCNc2ncccc2C#N)C1c1ccccc1OC. The zero-order valence-electron chi connectivity index (χ0n) is 19.2. The number of methoxy groups -OCH3 is 1. The van der Waals surface area contributed by atoms with Crippen LogP contribution in [0.25, 0.3) is 0 Å². The zero-order valence-corrected chi connectivity index (χ0v) is 19.2. The van der Waals surface area contributed by atoms with Crippen LogP contribution in [0.2, 0.25) is 0 Å². The summed E-state index contributed by atoms with van der Waals surface area (Å²) in [5.41, 5.74) is 1.31. The Morgan fingerprint density at radius 3 is 2.85 bits per heavy atom. The number of amides is 2. The third-order valence-corrected chi connectivity index (χ3v) is 5.90. The highest BCUT2D eigenvalue weighted by atomic mass is 16.5. The van der Waals surface area contributed by atoms with E-state index in [0.717, 1.165) is 18.4 Å². The molecular weight excluding hydrogens is 418 g/mol. The Balaban J connectivity index is 1.73. The van der Waals surface area contributed by atoms with Crippen LogP contribution in [0, 0.1) is 17.2 Å². The molecule has 0 spiro atoms. The van der Waals surface area contributed by atoms with Gasteiger partial charge in [0.2, 0.25) is 11.8 Å². The van der Waals surface area contributed by atoms with E-state index in [1.165, 1.54) is 0 Å². The van der Waals surface area contributed by atoms with Crippen molar-refractivity contribution in [1.29, 1.82) is 5.26 Å². The molecule has 2 atom stereocenters. The van der Waals surface area contributed by atoms with E-state index in [4.69, 9.17) is 4.74 Å². The molecule has 2 N–H and O–H groups in total. The van der Waals surface area contributed by atoms with Crippen LogP contribution in [0.5, 0.6) is 5.75 Å². The molecule has 2 aromatic rings. The van der Waals surface area contributed by atoms with Gasteiger partial charge in [0.25, 0.3) is 0 Å². The number of para-hydroxylation sites is 1. The molecule has 8 heteroatoms. The summed E-state index contributed by atoms with van der Waals surface area (Å²) >= 11 is 0. The predicted molar refractivity (Wildman–Crippen MR) is 126 cm³/mol. The number of piperidine rings is 1. The number of anilines is 1. The van der Waals surface area contributed by atoms with Crippen molar-refractivity contribution in [3.8, 4) is 11.8 Å². The number of carbonyl (C=O) groups excluding carboxylic acids is 2. The van der Waals surface area contributed by atoms with Crippen molar-refractivity contribution in [3.63, 3.8) is 0 Å². The van der Waals surface area contributed by atoms with Gasteiger partial charge in [-0.15, -0.1) is 0 Å². The first-order valence-corrected chi connectivity index (χ1v) is 11.4. The summed E-state index contributed by atoms with van der Waals surface area (Å²) in [4.78, 5) is 32.1. The van der Waals surface area contributed by atoms with E-state index in [9.17, 15) is 14.9 Å². The van der Waals surface area contributed by atoms with Gasteiger partial charge in [0.1, 0.15) is 17.6 Å². The second kappa shape index (κ2) is 11.9. The average molecular weight is 450 g/mol. The molecule has 2 heterocycles. The van der Waals surface area contributed by atoms with Crippen molar-refractivity contribution in [2.45, 2.75) is 38.6 Å². The molecule has 1 aromatic heterocycles. The maximum atomic E-state index is 13.3. The maximum Gasteiger partial charge on any atom is 0.225 e. The fourth-order valence-electron chi connectivity index (χ4n) is 4.25. The Bertz CT molecular complexity index is 1000. The Labute approximate surface area is 195 Å². The minimum atomic E-state index is -0.375. The van der Waals surface area contributed by atoms with Crippen LogP contribution in [0.3, 0.4) is 0 Å². The van der Waals surface area contributed by atoms with E-state index in [0.29, 0.717) is 49.6 Å². The van der Waals surface area contributed by atoms with Crippen molar-refractivity contribution < 1.29 is 14.3 Å². The number of pyridine rings is 1. The van der Waals surface area contributed by atoms with Gasteiger partial charge in [0.05, 0.1) is 24.6 Å². The Morgan fingerprint density at radius 2 is 2.09 bits per heavy atom. The third-order valence-electron chi connectivity index (χ3n) is 5.90. The number of hydrogen-bond acceptors (Lipinski definition) is 6. The first-order valence-electron chi connectivity index (χ1n) is 11.4. The highest BCUT2D eigenvalue weighted by Gasteiger charge is 2.41. The lowest BCUT2D eigenvalue weighted by atomic mass is 9.83. The first-order chi connectivity index (χ1) is 16.1. The van der Waals surface area contributed by atoms with Crippen LogP contribution < -0.4 is 15.4 Å². The number of nitrogens with zero attached hydrogens (tertiary/aromatic N) is 3. The number of ether oxygens (including phenoxy) is 1. The number of unbranched alkanes of at least 4 members (excludes halogenated alkanes) is 1. The quantitative estimate of drug-likeness (QED) is 0.539. The molecule has 1 saturated heterocycles. The molecule has 1 aliphatic rings. The number of rotatable bonds is 10. The van der Waals surface area contributed by atoms with E-state index < -0.39 is 0 Å². The number of nitriles is 1. The lowest BCUT2D eigenvalue weighted by molar-refractivity contribution is -0.143. The van der Waals surface area contributed by atoms with Crippen LogP contribution in [0.1, 0.15) is 49.8 Å². The monoisotopic (exact) mass is 449 g/mol. The second-order valence-corrected chi connectivity index (χ2v) is 8.00. The molecule has 1 aliphatic heterocycles.